The van der Waals surface area contributed by atoms with Gasteiger partial charge in [0.2, 0.25) is 0 Å². The van der Waals surface area contributed by atoms with Gasteiger partial charge in [-0.1, -0.05) is 0 Å². The molecule has 0 aliphatic heterocycles. The summed E-state index contributed by atoms with van der Waals surface area (Å²) in [5, 5.41) is 7.97. The predicted molar refractivity (Wildman–Crippen MR) is 34.3 cm³/mol. The standard InChI is InChI=1S/C6H8O5/c1-4-5(2-3-9-8)11-6(7)10-4/h8H,2-3H2,1H3. The second kappa shape index (κ2) is 3.36. The van der Waals surface area contributed by atoms with Crippen LogP contribution in [0.3, 0.4) is 0 Å². The summed E-state index contributed by atoms with van der Waals surface area (Å²) < 4.78 is 9.16. The van der Waals surface area contributed by atoms with Crippen LogP contribution in [0.1, 0.15) is 11.5 Å². The zero-order chi connectivity index (χ0) is 8.27. The first-order chi connectivity index (χ1) is 5.24. The van der Waals surface area contributed by atoms with E-state index < -0.39 is 5.82 Å². The van der Waals surface area contributed by atoms with Gasteiger partial charge in [-0.25, -0.2) is 9.68 Å². The molecule has 0 saturated heterocycles. The van der Waals surface area contributed by atoms with Crippen LogP contribution in [-0.2, 0) is 11.3 Å². The third-order valence-corrected chi connectivity index (χ3v) is 1.26. The van der Waals surface area contributed by atoms with Crippen molar-refractivity contribution in [1.29, 1.82) is 0 Å². The highest BCUT2D eigenvalue weighted by molar-refractivity contribution is 5.00. The van der Waals surface area contributed by atoms with Crippen molar-refractivity contribution < 1.29 is 19.0 Å². The lowest BCUT2D eigenvalue weighted by molar-refractivity contribution is -0.241. The molecule has 1 rings (SSSR count). The monoisotopic (exact) mass is 160 g/mol. The highest BCUT2D eigenvalue weighted by atomic mass is 17.1. The molecule has 5 nitrogen and oxygen atoms in total. The highest BCUT2D eigenvalue weighted by Gasteiger charge is 2.06. The van der Waals surface area contributed by atoms with Crippen molar-refractivity contribution in [2.24, 2.45) is 0 Å². The Bertz CT molecular complexity index is 271. The Kier molecular flexibility index (Phi) is 2.45. The Morgan fingerprint density at radius 3 is 2.73 bits per heavy atom. The zero-order valence-corrected chi connectivity index (χ0v) is 5.99. The number of hydrogen-bond donors (Lipinski definition) is 1. The number of aryl methyl sites for hydroxylation is 1. The third-order valence-electron chi connectivity index (χ3n) is 1.26. The van der Waals surface area contributed by atoms with Gasteiger partial charge in [0.1, 0.15) is 5.76 Å². The molecule has 0 aromatic carbocycles. The molecule has 0 bridgehead atoms. The van der Waals surface area contributed by atoms with Crippen LogP contribution in [0.4, 0.5) is 0 Å². The van der Waals surface area contributed by atoms with E-state index in [0.29, 0.717) is 17.9 Å². The summed E-state index contributed by atoms with van der Waals surface area (Å²) in [6.07, 6.45) is 0.327. The number of rotatable bonds is 3. The lowest BCUT2D eigenvalue weighted by Crippen LogP contribution is -1.95. The first-order valence-corrected chi connectivity index (χ1v) is 3.10. The van der Waals surface area contributed by atoms with Crippen LogP contribution in [0.15, 0.2) is 13.6 Å². The Morgan fingerprint density at radius 2 is 2.27 bits per heavy atom. The molecule has 0 spiro atoms. The van der Waals surface area contributed by atoms with Crippen molar-refractivity contribution in [2.45, 2.75) is 13.3 Å². The van der Waals surface area contributed by atoms with Crippen molar-refractivity contribution in [3.63, 3.8) is 0 Å². The van der Waals surface area contributed by atoms with Gasteiger partial charge >= 0.3 is 5.82 Å². The Labute approximate surface area is 62.1 Å². The molecule has 0 fully saturated rings. The maximum absolute atomic E-state index is 10.4. The molecule has 0 radical (unpaired) electrons. The largest absolute Gasteiger partial charge is 0.519 e. The summed E-state index contributed by atoms with van der Waals surface area (Å²) in [6, 6.07) is 0. The van der Waals surface area contributed by atoms with Crippen molar-refractivity contribution in [1.82, 2.24) is 0 Å². The predicted octanol–water partition coefficient (Wildman–Crippen LogP) is 0.573. The molecule has 0 saturated carbocycles. The van der Waals surface area contributed by atoms with E-state index in [2.05, 4.69) is 13.7 Å². The molecule has 5 heteroatoms. The summed E-state index contributed by atoms with van der Waals surface area (Å²) in [5.41, 5.74) is 0. The summed E-state index contributed by atoms with van der Waals surface area (Å²) in [7, 11) is 0. The van der Waals surface area contributed by atoms with Crippen LogP contribution in [0.5, 0.6) is 0 Å². The van der Waals surface area contributed by atoms with Crippen LogP contribution in [0.2, 0.25) is 0 Å². The van der Waals surface area contributed by atoms with E-state index in [9.17, 15) is 4.79 Å². The molecule has 62 valence electrons. The molecule has 0 aliphatic carbocycles. The van der Waals surface area contributed by atoms with Crippen LogP contribution in [0, 0.1) is 6.92 Å². The van der Waals surface area contributed by atoms with E-state index in [4.69, 9.17) is 5.26 Å². The molecule has 0 atom stereocenters. The maximum Gasteiger partial charge on any atom is 0.519 e. The van der Waals surface area contributed by atoms with Crippen LogP contribution in [0.25, 0.3) is 0 Å². The maximum atomic E-state index is 10.4. The van der Waals surface area contributed by atoms with Gasteiger partial charge in [0.05, 0.1) is 6.61 Å². The van der Waals surface area contributed by atoms with Gasteiger partial charge in [0, 0.05) is 6.42 Å². The van der Waals surface area contributed by atoms with E-state index in [0.717, 1.165) is 0 Å². The van der Waals surface area contributed by atoms with Crippen LogP contribution >= 0.6 is 0 Å². The van der Waals surface area contributed by atoms with E-state index in [1.165, 1.54) is 0 Å². The number of hydrogen-bond acceptors (Lipinski definition) is 5. The average molecular weight is 160 g/mol. The Balaban J connectivity index is 2.69. The van der Waals surface area contributed by atoms with Gasteiger partial charge in [-0.05, 0) is 6.92 Å². The first kappa shape index (κ1) is 8.03. The van der Waals surface area contributed by atoms with E-state index >= 15 is 0 Å². The fraction of sp³-hybridized carbons (Fsp3) is 0.500. The zero-order valence-electron chi connectivity index (χ0n) is 5.99. The first-order valence-electron chi connectivity index (χ1n) is 3.10. The van der Waals surface area contributed by atoms with Crippen molar-refractivity contribution >= 4 is 0 Å². The quantitative estimate of drug-likeness (QED) is 0.517. The highest BCUT2D eigenvalue weighted by Crippen LogP contribution is 2.04. The Morgan fingerprint density at radius 1 is 1.55 bits per heavy atom. The molecular formula is C6H8O5. The summed E-state index contributed by atoms with van der Waals surface area (Å²) in [6.45, 7) is 1.70. The van der Waals surface area contributed by atoms with Crippen LogP contribution in [-0.4, -0.2) is 11.9 Å². The van der Waals surface area contributed by atoms with Crippen LogP contribution < -0.4 is 5.82 Å². The minimum atomic E-state index is -0.726. The van der Waals surface area contributed by atoms with Gasteiger partial charge in [0.25, 0.3) is 0 Å². The van der Waals surface area contributed by atoms with Gasteiger partial charge in [0.15, 0.2) is 5.76 Å². The van der Waals surface area contributed by atoms with Gasteiger partial charge in [-0.3, -0.25) is 5.26 Å². The second-order valence-corrected chi connectivity index (χ2v) is 2.02. The van der Waals surface area contributed by atoms with E-state index in [1.807, 2.05) is 0 Å². The molecule has 0 amide bonds. The average Bonchev–Trinajstić information content (AvgIpc) is 2.26. The van der Waals surface area contributed by atoms with Gasteiger partial charge in [-0.15, -0.1) is 0 Å². The minimum Gasteiger partial charge on any atom is -0.396 e. The lowest BCUT2D eigenvalue weighted by atomic mass is 10.3. The summed E-state index contributed by atoms with van der Waals surface area (Å²) in [4.78, 5) is 14.2. The van der Waals surface area contributed by atoms with Crippen molar-refractivity contribution in [2.75, 3.05) is 6.61 Å². The normalized spacial score (nSPS) is 10.4. The summed E-state index contributed by atoms with van der Waals surface area (Å²) in [5.74, 6) is 0.103. The molecular weight excluding hydrogens is 152 g/mol. The topological polar surface area (TPSA) is 72.8 Å². The molecule has 11 heavy (non-hydrogen) atoms. The molecule has 0 unspecified atom stereocenters. The van der Waals surface area contributed by atoms with Gasteiger partial charge < -0.3 is 8.83 Å². The fourth-order valence-electron chi connectivity index (χ4n) is 0.741. The van der Waals surface area contributed by atoms with Crippen molar-refractivity contribution in [3.05, 3.63) is 22.1 Å². The fourth-order valence-corrected chi connectivity index (χ4v) is 0.741. The minimum absolute atomic E-state index is 0.0866. The second-order valence-electron chi connectivity index (χ2n) is 2.02. The smallest absolute Gasteiger partial charge is 0.396 e. The molecule has 1 aromatic heterocycles. The third kappa shape index (κ3) is 1.92. The van der Waals surface area contributed by atoms with E-state index in [-0.39, 0.29) is 6.61 Å². The lowest BCUT2D eigenvalue weighted by Gasteiger charge is -1.91. The van der Waals surface area contributed by atoms with Gasteiger partial charge in [-0.2, -0.15) is 0 Å². The molecule has 0 aliphatic rings. The SMILES string of the molecule is Cc1oc(=O)oc1CCOO. The van der Waals surface area contributed by atoms with E-state index in [1.54, 1.807) is 6.92 Å². The molecule has 1 aromatic rings. The summed E-state index contributed by atoms with van der Waals surface area (Å²) >= 11 is 0. The molecule has 1 N–H and O–H groups in total. The Hall–Kier alpha value is -1.07. The van der Waals surface area contributed by atoms with Crippen molar-refractivity contribution in [3.8, 4) is 0 Å². The molecule has 1 heterocycles.